The lowest BCUT2D eigenvalue weighted by Crippen LogP contribution is -2.64. The Morgan fingerprint density at radius 3 is 1.21 bits per heavy atom. The molecule has 0 radical (unpaired) electrons. The minimum absolute atomic E-state index is 0.166. The normalized spacial score (nSPS) is 14.5. The van der Waals surface area contributed by atoms with Crippen LogP contribution in [0.2, 0.25) is 0 Å². The van der Waals surface area contributed by atoms with Crippen molar-refractivity contribution in [3.63, 3.8) is 0 Å². The van der Waals surface area contributed by atoms with Gasteiger partial charge in [0.2, 0.25) is 11.8 Å². The van der Waals surface area contributed by atoms with Crippen LogP contribution in [0.5, 0.6) is 0 Å². The van der Waals surface area contributed by atoms with Crippen LogP contribution in [-0.2, 0) is 45.1 Å². The van der Waals surface area contributed by atoms with Crippen molar-refractivity contribution in [2.45, 2.75) is 90.1 Å². The summed E-state index contributed by atoms with van der Waals surface area (Å²) >= 11 is 0. The lowest BCUT2D eigenvalue weighted by atomic mass is 9.88. The first kappa shape index (κ1) is 43.2. The molecule has 298 valence electrons. The quantitative estimate of drug-likeness (QED) is 0.120. The summed E-state index contributed by atoms with van der Waals surface area (Å²) in [6.45, 7) is 6.28. The highest BCUT2D eigenvalue weighted by molar-refractivity contribution is 5.96. The zero-order valence-electron chi connectivity index (χ0n) is 32.1. The van der Waals surface area contributed by atoms with Crippen molar-refractivity contribution in [2.24, 2.45) is 23.3 Å². The van der Waals surface area contributed by atoms with Crippen molar-refractivity contribution < 1.29 is 38.9 Å². The fourth-order valence-corrected chi connectivity index (χ4v) is 5.96. The Balaban J connectivity index is 1.84. The topological polar surface area (TPSA) is 212 Å². The van der Waals surface area contributed by atoms with Gasteiger partial charge in [0.15, 0.2) is 0 Å². The van der Waals surface area contributed by atoms with Crippen LogP contribution in [0, 0.1) is 11.8 Å². The van der Waals surface area contributed by atoms with E-state index < -0.39 is 72.2 Å². The minimum Gasteiger partial charge on any atom is -0.444 e. The van der Waals surface area contributed by atoms with Gasteiger partial charge < -0.3 is 31.2 Å². The number of amides is 4. The lowest BCUT2D eigenvalue weighted by Gasteiger charge is -2.41. The molecule has 14 nitrogen and oxygen atoms in total. The van der Waals surface area contributed by atoms with E-state index in [-0.39, 0.29) is 26.1 Å². The highest BCUT2D eigenvalue weighted by Crippen LogP contribution is 2.26. The van der Waals surface area contributed by atoms with Gasteiger partial charge in [-0.15, -0.1) is 0 Å². The molecule has 6 N–H and O–H groups in total. The first-order chi connectivity index (χ1) is 26.8. The van der Waals surface area contributed by atoms with Crippen LogP contribution >= 0.6 is 0 Å². The predicted molar refractivity (Wildman–Crippen MR) is 208 cm³/mol. The molecule has 4 amide bonds. The highest BCUT2D eigenvalue weighted by Gasteiger charge is 2.47. The van der Waals surface area contributed by atoms with Crippen molar-refractivity contribution in [3.8, 4) is 0 Å². The maximum Gasteiger partial charge on any atom is 0.417 e. The molecule has 3 unspecified atom stereocenters. The third-order valence-corrected chi connectivity index (χ3v) is 9.42. The summed E-state index contributed by atoms with van der Waals surface area (Å²) in [4.78, 5) is 66.2. The third-order valence-electron chi connectivity index (χ3n) is 9.42. The molecule has 2 heterocycles. The first-order valence-corrected chi connectivity index (χ1v) is 18.5. The van der Waals surface area contributed by atoms with Crippen LogP contribution in [-0.4, -0.2) is 90.4 Å². The molecule has 4 rings (SSSR count). The number of hydrogen-bond acceptors (Lipinski definition) is 12. The second-order valence-corrected chi connectivity index (χ2v) is 14.3. The second-order valence-electron chi connectivity index (χ2n) is 14.3. The second kappa shape index (κ2) is 20.9. The fraction of sp³-hybridized carbons (Fsp3) is 0.381. The highest BCUT2D eigenvalue weighted by atomic mass is 16.6. The summed E-state index contributed by atoms with van der Waals surface area (Å²) in [7, 11) is 0. The summed E-state index contributed by atoms with van der Waals surface area (Å²) in [5, 5.41) is 24.8. The molecule has 2 aromatic carbocycles. The Labute approximate surface area is 327 Å². The molecule has 4 aromatic rings. The molecule has 0 saturated heterocycles. The molecule has 0 fully saturated rings. The number of nitrogens with two attached hydrogens (primary N) is 2. The number of pyridine rings is 2. The Bertz CT molecular complexity index is 1700. The van der Waals surface area contributed by atoms with E-state index in [0.29, 0.717) is 22.3 Å². The van der Waals surface area contributed by atoms with E-state index in [4.69, 9.17) is 20.9 Å². The number of carbonyl (C=O) groups excluding carboxylic acids is 4. The van der Waals surface area contributed by atoms with Crippen molar-refractivity contribution in [1.82, 2.24) is 19.8 Å². The van der Waals surface area contributed by atoms with Crippen LogP contribution in [0.1, 0.15) is 49.9 Å². The van der Waals surface area contributed by atoms with Crippen molar-refractivity contribution in [2.75, 3.05) is 0 Å². The first-order valence-electron chi connectivity index (χ1n) is 18.5. The molecule has 2 aromatic heterocycles. The summed E-state index contributed by atoms with van der Waals surface area (Å²) in [5.41, 5.74) is 15.0. The average Bonchev–Trinajstić information content (AvgIpc) is 3.21. The molecule has 0 aliphatic carbocycles. The van der Waals surface area contributed by atoms with Gasteiger partial charge in [0, 0.05) is 35.9 Å². The fourth-order valence-electron chi connectivity index (χ4n) is 5.96. The van der Waals surface area contributed by atoms with E-state index in [9.17, 15) is 29.4 Å². The van der Waals surface area contributed by atoms with Gasteiger partial charge in [-0.2, -0.15) is 0 Å². The molecule has 0 aliphatic rings. The van der Waals surface area contributed by atoms with Crippen LogP contribution in [0.25, 0.3) is 0 Å². The minimum atomic E-state index is -1.99. The zero-order chi connectivity index (χ0) is 40.8. The smallest absolute Gasteiger partial charge is 0.417 e. The van der Waals surface area contributed by atoms with Crippen molar-refractivity contribution in [1.29, 1.82) is 0 Å². The van der Waals surface area contributed by atoms with Crippen LogP contribution in [0.3, 0.4) is 0 Å². The largest absolute Gasteiger partial charge is 0.444 e. The van der Waals surface area contributed by atoms with Crippen LogP contribution in [0.15, 0.2) is 110 Å². The maximum atomic E-state index is 14.2. The standard InChI is InChI=1S/C42H52N6O8/c1-27(2)35(43)39(51)47(41(53)55-25-31-17-11-19-45-23-31)33(21-29-13-7-5-8-14-29)37(49)38(50)34(22-30-15-9-6-10-16-30)48(40(52)36(44)28(3)4)42(54)56-26-32-18-12-20-46-24-32/h5-20,23-24,27-28,33-38,49-50H,21-22,25-26,43-44H2,1-4H3/t33-,34?,35-,36-,37?,38?/m0/s1. The van der Waals surface area contributed by atoms with Gasteiger partial charge in [0.05, 0.1) is 24.2 Å². The van der Waals surface area contributed by atoms with Gasteiger partial charge in [0.25, 0.3) is 0 Å². The van der Waals surface area contributed by atoms with E-state index >= 15 is 0 Å². The SMILES string of the molecule is CC(C)[C@H](N)C(=O)N(C(=O)OCc1cccnc1)C(Cc1ccccc1)C(O)C(O)[C@H](Cc1ccccc1)N(C(=O)OCc1cccnc1)C(=O)[C@@H](N)C(C)C. The van der Waals surface area contributed by atoms with Gasteiger partial charge in [-0.1, -0.05) is 100 Å². The number of rotatable bonds is 17. The molecule has 14 heteroatoms. The van der Waals surface area contributed by atoms with Crippen LogP contribution < -0.4 is 11.5 Å². The van der Waals surface area contributed by atoms with Gasteiger partial charge in [-0.3, -0.25) is 19.6 Å². The molecule has 0 spiro atoms. The predicted octanol–water partition coefficient (Wildman–Crippen LogP) is 4.02. The van der Waals surface area contributed by atoms with Crippen molar-refractivity contribution in [3.05, 3.63) is 132 Å². The number of nitrogens with zero attached hydrogens (tertiary/aromatic N) is 4. The number of hydrogen-bond donors (Lipinski definition) is 4. The monoisotopic (exact) mass is 768 g/mol. The third kappa shape index (κ3) is 11.7. The van der Waals surface area contributed by atoms with Gasteiger partial charge in [0.1, 0.15) is 25.4 Å². The maximum absolute atomic E-state index is 14.2. The Kier molecular flexibility index (Phi) is 16.2. The molecule has 0 saturated carbocycles. The van der Waals surface area contributed by atoms with Gasteiger partial charge in [-0.25, -0.2) is 19.4 Å². The van der Waals surface area contributed by atoms with E-state index in [0.717, 1.165) is 9.80 Å². The van der Waals surface area contributed by atoms with Gasteiger partial charge in [-0.05, 0) is 47.9 Å². The summed E-state index contributed by atoms with van der Waals surface area (Å²) in [5.74, 6) is -2.62. The molecular weight excluding hydrogens is 716 g/mol. The summed E-state index contributed by atoms with van der Waals surface area (Å²) in [6.07, 6.45) is -0.480. The number of imide groups is 2. The molecule has 6 atom stereocenters. The van der Waals surface area contributed by atoms with Crippen molar-refractivity contribution >= 4 is 24.0 Å². The van der Waals surface area contributed by atoms with Crippen LogP contribution in [0.4, 0.5) is 9.59 Å². The molecule has 0 aliphatic heterocycles. The zero-order valence-corrected chi connectivity index (χ0v) is 32.1. The Hall–Kier alpha value is -5.54. The Morgan fingerprint density at radius 2 is 0.911 bits per heavy atom. The summed E-state index contributed by atoms with van der Waals surface area (Å²) < 4.78 is 11.2. The Morgan fingerprint density at radius 1 is 0.571 bits per heavy atom. The molecule has 56 heavy (non-hydrogen) atoms. The van der Waals surface area contributed by atoms with E-state index in [2.05, 4.69) is 9.97 Å². The number of carbonyl (C=O) groups is 4. The number of aliphatic hydroxyl groups is 2. The number of ether oxygens (including phenoxy) is 2. The van der Waals surface area contributed by atoms with E-state index in [1.807, 2.05) is 0 Å². The van der Waals surface area contributed by atoms with E-state index in [1.54, 1.807) is 125 Å². The molecule has 0 bridgehead atoms. The average molecular weight is 769 g/mol. The lowest BCUT2D eigenvalue weighted by molar-refractivity contribution is -0.145. The molecular formula is C42H52N6O8. The number of aromatic nitrogens is 2. The van der Waals surface area contributed by atoms with Gasteiger partial charge >= 0.3 is 12.2 Å². The van der Waals surface area contributed by atoms with E-state index in [1.165, 1.54) is 12.4 Å². The summed E-state index contributed by atoms with van der Waals surface area (Å²) in [6, 6.07) is 18.6. The number of aliphatic hydroxyl groups excluding tert-OH is 2. The number of benzene rings is 2.